The first-order chi connectivity index (χ1) is 15.4. The van der Waals surface area contributed by atoms with E-state index < -0.39 is 12.1 Å². The fourth-order valence-corrected chi connectivity index (χ4v) is 3.29. The first-order valence-electron chi connectivity index (χ1n) is 10.1. The number of amides is 1. The lowest BCUT2D eigenvalue weighted by atomic mass is 10.0. The number of benzene rings is 3. The van der Waals surface area contributed by atoms with Gasteiger partial charge in [0.2, 0.25) is 0 Å². The second-order valence-corrected chi connectivity index (χ2v) is 7.61. The highest BCUT2D eigenvalue weighted by atomic mass is 35.5. The maximum atomic E-state index is 12.4. The number of carboxylic acid groups (broad SMARTS) is 1. The summed E-state index contributed by atoms with van der Waals surface area (Å²) in [4.78, 5) is 23.3. The number of hydrogen-bond acceptors (Lipinski definition) is 4. The molecule has 0 radical (unpaired) electrons. The standard InChI is InChI=1S/C25H24ClNO5/c1-16(25(29)30)32-21-10-7-19(8-11-21)18-5-3-17(4-6-18)13-14-27-24(28)22-15-20(26)9-12-23(22)31-2/h3-12,15-16H,13-14H2,1-2H3,(H,27,28)(H,29,30). The Morgan fingerprint density at radius 3 is 2.22 bits per heavy atom. The van der Waals surface area contributed by atoms with Crippen LogP contribution in [0.15, 0.2) is 66.7 Å². The minimum atomic E-state index is -1.01. The summed E-state index contributed by atoms with van der Waals surface area (Å²) >= 11 is 5.99. The van der Waals surface area contributed by atoms with E-state index >= 15 is 0 Å². The molecule has 0 fully saturated rings. The van der Waals surface area contributed by atoms with E-state index in [0.29, 0.717) is 35.1 Å². The van der Waals surface area contributed by atoms with Crippen molar-refractivity contribution in [2.45, 2.75) is 19.4 Å². The van der Waals surface area contributed by atoms with Gasteiger partial charge in [-0.05, 0) is 60.4 Å². The molecule has 0 saturated heterocycles. The second-order valence-electron chi connectivity index (χ2n) is 7.17. The summed E-state index contributed by atoms with van der Waals surface area (Å²) < 4.78 is 10.6. The predicted molar refractivity (Wildman–Crippen MR) is 124 cm³/mol. The topological polar surface area (TPSA) is 84.9 Å². The summed E-state index contributed by atoms with van der Waals surface area (Å²) in [6.45, 7) is 1.96. The molecule has 7 heteroatoms. The van der Waals surface area contributed by atoms with Crippen LogP contribution in [-0.4, -0.2) is 36.7 Å². The van der Waals surface area contributed by atoms with Crippen LogP contribution in [0.4, 0.5) is 0 Å². The van der Waals surface area contributed by atoms with Gasteiger partial charge in [0.15, 0.2) is 6.10 Å². The van der Waals surface area contributed by atoms with E-state index in [0.717, 1.165) is 16.7 Å². The van der Waals surface area contributed by atoms with Crippen molar-refractivity contribution < 1.29 is 24.2 Å². The molecule has 0 saturated carbocycles. The molecular formula is C25H24ClNO5. The molecule has 6 nitrogen and oxygen atoms in total. The zero-order valence-electron chi connectivity index (χ0n) is 17.8. The number of hydrogen-bond donors (Lipinski definition) is 2. The Labute approximate surface area is 191 Å². The van der Waals surface area contributed by atoms with Gasteiger partial charge in [-0.1, -0.05) is 48.0 Å². The highest BCUT2D eigenvalue weighted by Crippen LogP contribution is 2.24. The molecule has 0 bridgehead atoms. The molecule has 0 heterocycles. The van der Waals surface area contributed by atoms with Crippen molar-refractivity contribution in [2.75, 3.05) is 13.7 Å². The molecule has 3 rings (SSSR count). The lowest BCUT2D eigenvalue weighted by Gasteiger charge is -2.11. The fraction of sp³-hybridized carbons (Fsp3) is 0.200. The average Bonchev–Trinajstić information content (AvgIpc) is 2.80. The highest BCUT2D eigenvalue weighted by Gasteiger charge is 2.13. The molecule has 0 aliphatic heterocycles. The van der Waals surface area contributed by atoms with E-state index in [-0.39, 0.29) is 5.91 Å². The largest absolute Gasteiger partial charge is 0.496 e. The molecule has 0 aliphatic rings. The van der Waals surface area contributed by atoms with Crippen molar-refractivity contribution >= 4 is 23.5 Å². The van der Waals surface area contributed by atoms with Crippen LogP contribution in [0, 0.1) is 0 Å². The van der Waals surface area contributed by atoms with Gasteiger partial charge < -0.3 is 19.9 Å². The molecule has 0 aliphatic carbocycles. The maximum absolute atomic E-state index is 12.4. The SMILES string of the molecule is COc1ccc(Cl)cc1C(=O)NCCc1ccc(-c2ccc(OC(C)C(=O)O)cc2)cc1. The van der Waals surface area contributed by atoms with E-state index in [1.165, 1.54) is 14.0 Å². The van der Waals surface area contributed by atoms with Crippen LogP contribution < -0.4 is 14.8 Å². The molecule has 32 heavy (non-hydrogen) atoms. The monoisotopic (exact) mass is 453 g/mol. The van der Waals surface area contributed by atoms with Crippen LogP contribution in [0.1, 0.15) is 22.8 Å². The van der Waals surface area contributed by atoms with Gasteiger partial charge in [-0.25, -0.2) is 4.79 Å². The van der Waals surface area contributed by atoms with Gasteiger partial charge in [0, 0.05) is 11.6 Å². The first kappa shape index (κ1) is 23.2. The smallest absolute Gasteiger partial charge is 0.344 e. The Balaban J connectivity index is 1.55. The highest BCUT2D eigenvalue weighted by molar-refractivity contribution is 6.31. The van der Waals surface area contributed by atoms with E-state index in [2.05, 4.69) is 5.32 Å². The minimum Gasteiger partial charge on any atom is -0.496 e. The van der Waals surface area contributed by atoms with Gasteiger partial charge >= 0.3 is 5.97 Å². The molecule has 1 amide bonds. The normalized spacial score (nSPS) is 11.5. The molecule has 1 atom stereocenters. The third-order valence-electron chi connectivity index (χ3n) is 4.91. The minimum absolute atomic E-state index is 0.236. The van der Waals surface area contributed by atoms with Gasteiger partial charge in [0.25, 0.3) is 5.91 Å². The number of methoxy groups -OCH3 is 1. The van der Waals surface area contributed by atoms with Crippen LogP contribution >= 0.6 is 11.6 Å². The summed E-state index contributed by atoms with van der Waals surface area (Å²) in [5.41, 5.74) is 3.51. The van der Waals surface area contributed by atoms with Crippen molar-refractivity contribution in [3.63, 3.8) is 0 Å². The van der Waals surface area contributed by atoms with Gasteiger partial charge in [-0.3, -0.25) is 4.79 Å². The van der Waals surface area contributed by atoms with Crippen molar-refractivity contribution in [1.82, 2.24) is 5.32 Å². The van der Waals surface area contributed by atoms with E-state index in [1.807, 2.05) is 36.4 Å². The molecule has 166 valence electrons. The lowest BCUT2D eigenvalue weighted by molar-refractivity contribution is -0.144. The van der Waals surface area contributed by atoms with Crippen molar-refractivity contribution in [2.24, 2.45) is 0 Å². The summed E-state index contributed by atoms with van der Waals surface area (Å²) in [6.07, 6.45) is -0.227. The Kier molecular flexibility index (Phi) is 7.73. The number of aliphatic carboxylic acids is 1. The van der Waals surface area contributed by atoms with Gasteiger partial charge in [0.1, 0.15) is 11.5 Å². The van der Waals surface area contributed by atoms with E-state index in [1.54, 1.807) is 30.3 Å². The third kappa shape index (κ3) is 6.02. The van der Waals surface area contributed by atoms with Gasteiger partial charge in [-0.15, -0.1) is 0 Å². The maximum Gasteiger partial charge on any atom is 0.344 e. The van der Waals surface area contributed by atoms with Gasteiger partial charge in [0.05, 0.1) is 12.7 Å². The number of carboxylic acids is 1. The van der Waals surface area contributed by atoms with E-state index in [4.69, 9.17) is 26.2 Å². The number of carbonyl (C=O) groups excluding carboxylic acids is 1. The summed E-state index contributed by atoms with van der Waals surface area (Å²) in [7, 11) is 1.51. The number of nitrogens with one attached hydrogen (secondary N) is 1. The first-order valence-corrected chi connectivity index (χ1v) is 10.5. The Morgan fingerprint density at radius 1 is 1.00 bits per heavy atom. The van der Waals surface area contributed by atoms with Crippen LogP contribution in [-0.2, 0) is 11.2 Å². The number of halogens is 1. The molecule has 1 unspecified atom stereocenters. The summed E-state index contributed by atoms with van der Waals surface area (Å²) in [5, 5.41) is 12.3. The molecule has 2 N–H and O–H groups in total. The lowest BCUT2D eigenvalue weighted by Crippen LogP contribution is -2.26. The summed E-state index contributed by atoms with van der Waals surface area (Å²) in [6, 6.07) is 20.2. The Bertz CT molecular complexity index is 1080. The van der Waals surface area contributed by atoms with E-state index in [9.17, 15) is 9.59 Å². The zero-order valence-corrected chi connectivity index (χ0v) is 18.6. The van der Waals surface area contributed by atoms with Crippen molar-refractivity contribution in [3.8, 4) is 22.6 Å². The predicted octanol–water partition coefficient (Wildman–Crippen LogP) is 4.84. The quantitative estimate of drug-likeness (QED) is 0.484. The number of carbonyl (C=O) groups is 2. The Morgan fingerprint density at radius 2 is 1.62 bits per heavy atom. The van der Waals surface area contributed by atoms with Crippen LogP contribution in [0.25, 0.3) is 11.1 Å². The molecule has 3 aromatic rings. The molecule has 0 aromatic heterocycles. The molecular weight excluding hydrogens is 430 g/mol. The third-order valence-corrected chi connectivity index (χ3v) is 5.14. The van der Waals surface area contributed by atoms with Crippen LogP contribution in [0.5, 0.6) is 11.5 Å². The van der Waals surface area contributed by atoms with Crippen LogP contribution in [0.2, 0.25) is 5.02 Å². The Hall–Kier alpha value is -3.51. The molecule has 0 spiro atoms. The van der Waals surface area contributed by atoms with Crippen molar-refractivity contribution in [3.05, 3.63) is 82.9 Å². The average molecular weight is 454 g/mol. The number of ether oxygens (including phenoxy) is 2. The second kappa shape index (κ2) is 10.7. The zero-order chi connectivity index (χ0) is 23.1. The summed E-state index contributed by atoms with van der Waals surface area (Å²) in [5.74, 6) is -0.259. The molecule has 3 aromatic carbocycles. The number of rotatable bonds is 9. The van der Waals surface area contributed by atoms with Crippen LogP contribution in [0.3, 0.4) is 0 Å². The van der Waals surface area contributed by atoms with Gasteiger partial charge in [-0.2, -0.15) is 0 Å². The fourth-order valence-electron chi connectivity index (χ4n) is 3.12. The van der Waals surface area contributed by atoms with Crippen molar-refractivity contribution in [1.29, 1.82) is 0 Å².